The third kappa shape index (κ3) is 1.59. The van der Waals surface area contributed by atoms with E-state index in [2.05, 4.69) is 25.7 Å². The fourth-order valence-electron chi connectivity index (χ4n) is 4.56. The summed E-state index contributed by atoms with van der Waals surface area (Å²) >= 11 is 0. The highest BCUT2D eigenvalue weighted by molar-refractivity contribution is 5.14. The number of fused-ring (bicyclic) bond motifs is 2. The molecular formula is C14H25NO2. The highest BCUT2D eigenvalue weighted by atomic mass is 16.5. The Kier molecular flexibility index (Phi) is 2.59. The number of hydrogen-bond donors (Lipinski definition) is 1. The minimum absolute atomic E-state index is 0.340. The molecule has 0 radical (unpaired) electrons. The van der Waals surface area contributed by atoms with Crippen LogP contribution < -0.4 is 0 Å². The summed E-state index contributed by atoms with van der Waals surface area (Å²) in [7, 11) is 0. The minimum Gasteiger partial charge on any atom is -0.388 e. The van der Waals surface area contributed by atoms with Crippen molar-refractivity contribution < 1.29 is 9.84 Å². The summed E-state index contributed by atoms with van der Waals surface area (Å²) < 4.78 is 5.41. The molecular weight excluding hydrogens is 214 g/mol. The molecule has 0 amide bonds. The lowest BCUT2D eigenvalue weighted by molar-refractivity contribution is -0.234. The van der Waals surface area contributed by atoms with Crippen LogP contribution in [0.4, 0.5) is 0 Å². The van der Waals surface area contributed by atoms with E-state index < -0.39 is 5.60 Å². The van der Waals surface area contributed by atoms with Crippen molar-refractivity contribution in [2.24, 2.45) is 17.3 Å². The molecule has 4 fully saturated rings. The van der Waals surface area contributed by atoms with Gasteiger partial charge >= 0.3 is 0 Å². The van der Waals surface area contributed by atoms with Gasteiger partial charge in [0.25, 0.3) is 0 Å². The standard InChI is InChI=1S/C14H25NO2/c1-13(2)10-8-11(13)14(3,16)12(9-10)15-4-6-17-7-5-15/h10-12,16H,4-9H2,1-3H3/t10-,11-,12?,14?/m0/s1. The second-order valence-electron chi connectivity index (χ2n) is 6.93. The van der Waals surface area contributed by atoms with Crippen molar-refractivity contribution in [2.45, 2.75) is 45.3 Å². The molecule has 0 aromatic rings. The van der Waals surface area contributed by atoms with E-state index in [4.69, 9.17) is 4.74 Å². The van der Waals surface area contributed by atoms with E-state index in [0.29, 0.717) is 17.4 Å². The summed E-state index contributed by atoms with van der Waals surface area (Å²) in [6.07, 6.45) is 2.39. The van der Waals surface area contributed by atoms with E-state index in [1.54, 1.807) is 0 Å². The molecule has 98 valence electrons. The molecule has 1 heterocycles. The van der Waals surface area contributed by atoms with Crippen LogP contribution in [0.5, 0.6) is 0 Å². The van der Waals surface area contributed by atoms with Gasteiger partial charge in [-0.2, -0.15) is 0 Å². The van der Waals surface area contributed by atoms with Crippen LogP contribution in [0.3, 0.4) is 0 Å². The van der Waals surface area contributed by atoms with E-state index in [1.807, 2.05) is 0 Å². The van der Waals surface area contributed by atoms with Crippen LogP contribution in [0.25, 0.3) is 0 Å². The van der Waals surface area contributed by atoms with Gasteiger partial charge in [-0.3, -0.25) is 4.90 Å². The molecule has 4 atom stereocenters. The van der Waals surface area contributed by atoms with E-state index in [1.165, 1.54) is 6.42 Å². The Morgan fingerprint density at radius 2 is 1.76 bits per heavy atom. The zero-order chi connectivity index (χ0) is 12.3. The Morgan fingerprint density at radius 3 is 2.29 bits per heavy atom. The van der Waals surface area contributed by atoms with Crippen molar-refractivity contribution in [1.82, 2.24) is 4.90 Å². The Balaban J connectivity index is 1.79. The summed E-state index contributed by atoms with van der Waals surface area (Å²) in [5.74, 6) is 1.28. The first-order chi connectivity index (χ1) is 7.94. The summed E-state index contributed by atoms with van der Waals surface area (Å²) in [6.45, 7) is 10.3. The Hall–Kier alpha value is -0.120. The van der Waals surface area contributed by atoms with Crippen molar-refractivity contribution in [2.75, 3.05) is 26.3 Å². The molecule has 4 rings (SSSR count). The molecule has 0 spiro atoms. The van der Waals surface area contributed by atoms with Crippen LogP contribution in [-0.2, 0) is 4.74 Å². The van der Waals surface area contributed by atoms with Gasteiger partial charge < -0.3 is 9.84 Å². The van der Waals surface area contributed by atoms with E-state index in [-0.39, 0.29) is 0 Å². The van der Waals surface area contributed by atoms with Gasteiger partial charge in [-0.1, -0.05) is 13.8 Å². The zero-order valence-corrected chi connectivity index (χ0v) is 11.3. The lowest BCUT2D eigenvalue weighted by Crippen LogP contribution is -2.70. The van der Waals surface area contributed by atoms with Gasteiger partial charge in [0.1, 0.15) is 0 Å². The Labute approximate surface area is 104 Å². The average Bonchev–Trinajstić information content (AvgIpc) is 2.28. The third-order valence-corrected chi connectivity index (χ3v) is 5.84. The topological polar surface area (TPSA) is 32.7 Å². The first-order valence-electron chi connectivity index (χ1n) is 6.98. The van der Waals surface area contributed by atoms with Crippen molar-refractivity contribution in [1.29, 1.82) is 0 Å². The van der Waals surface area contributed by atoms with Crippen LogP contribution in [0, 0.1) is 17.3 Å². The second-order valence-corrected chi connectivity index (χ2v) is 6.93. The fraction of sp³-hybridized carbons (Fsp3) is 1.00. The number of hydrogen-bond acceptors (Lipinski definition) is 3. The highest BCUT2D eigenvalue weighted by Gasteiger charge is 2.63. The average molecular weight is 239 g/mol. The maximum absolute atomic E-state index is 10.9. The Bertz CT molecular complexity index is 307. The van der Waals surface area contributed by atoms with Crippen LogP contribution in [0.1, 0.15) is 33.6 Å². The first-order valence-corrected chi connectivity index (χ1v) is 6.98. The van der Waals surface area contributed by atoms with Gasteiger partial charge in [-0.25, -0.2) is 0 Å². The first kappa shape index (κ1) is 11.9. The fourth-order valence-corrected chi connectivity index (χ4v) is 4.56. The summed E-state index contributed by atoms with van der Waals surface area (Å²) in [5.41, 5.74) is -0.179. The molecule has 1 aliphatic heterocycles. The molecule has 3 saturated carbocycles. The summed E-state index contributed by atoms with van der Waals surface area (Å²) in [6, 6.07) is 0.350. The monoisotopic (exact) mass is 239 g/mol. The largest absolute Gasteiger partial charge is 0.388 e. The van der Waals surface area contributed by atoms with Crippen LogP contribution in [0.2, 0.25) is 0 Å². The van der Waals surface area contributed by atoms with Gasteiger partial charge in [0, 0.05) is 19.1 Å². The summed E-state index contributed by atoms with van der Waals surface area (Å²) in [4.78, 5) is 2.46. The van der Waals surface area contributed by atoms with Gasteiger partial charge in [-0.15, -0.1) is 0 Å². The van der Waals surface area contributed by atoms with E-state index in [0.717, 1.165) is 38.6 Å². The minimum atomic E-state index is -0.518. The van der Waals surface area contributed by atoms with Crippen LogP contribution in [-0.4, -0.2) is 48.0 Å². The SMILES string of the molecule is CC1(O)C(N2CCOCC2)C[C@@H]2C[C@H]1C2(C)C. The van der Waals surface area contributed by atoms with Gasteiger partial charge in [-0.05, 0) is 37.0 Å². The number of ether oxygens (including phenoxy) is 1. The highest BCUT2D eigenvalue weighted by Crippen LogP contribution is 2.63. The van der Waals surface area contributed by atoms with E-state index >= 15 is 0 Å². The quantitative estimate of drug-likeness (QED) is 0.753. The molecule has 0 aromatic carbocycles. The van der Waals surface area contributed by atoms with Crippen LogP contribution in [0.15, 0.2) is 0 Å². The third-order valence-electron chi connectivity index (χ3n) is 5.84. The molecule has 3 nitrogen and oxygen atoms in total. The molecule has 2 unspecified atom stereocenters. The van der Waals surface area contributed by atoms with Gasteiger partial charge in [0.05, 0.1) is 18.8 Å². The molecule has 1 N–H and O–H groups in total. The van der Waals surface area contributed by atoms with Gasteiger partial charge in [0.15, 0.2) is 0 Å². The van der Waals surface area contributed by atoms with Crippen molar-refractivity contribution in [3.8, 4) is 0 Å². The van der Waals surface area contributed by atoms with Gasteiger partial charge in [0.2, 0.25) is 0 Å². The molecule has 2 bridgehead atoms. The zero-order valence-electron chi connectivity index (χ0n) is 11.3. The molecule has 3 aliphatic carbocycles. The number of morpholine rings is 1. The van der Waals surface area contributed by atoms with Crippen molar-refractivity contribution >= 4 is 0 Å². The maximum Gasteiger partial charge on any atom is 0.0807 e. The Morgan fingerprint density at radius 1 is 1.12 bits per heavy atom. The predicted molar refractivity (Wildman–Crippen MR) is 66.8 cm³/mol. The number of aliphatic hydroxyl groups is 1. The summed E-state index contributed by atoms with van der Waals surface area (Å²) in [5, 5.41) is 10.9. The maximum atomic E-state index is 10.9. The lowest BCUT2D eigenvalue weighted by atomic mass is 9.43. The number of nitrogens with zero attached hydrogens (tertiary/aromatic N) is 1. The number of rotatable bonds is 1. The predicted octanol–water partition coefficient (Wildman–Crippen LogP) is 1.50. The molecule has 1 saturated heterocycles. The molecule has 17 heavy (non-hydrogen) atoms. The van der Waals surface area contributed by atoms with Crippen molar-refractivity contribution in [3.05, 3.63) is 0 Å². The van der Waals surface area contributed by atoms with Crippen molar-refractivity contribution in [3.63, 3.8) is 0 Å². The van der Waals surface area contributed by atoms with E-state index in [9.17, 15) is 5.11 Å². The smallest absolute Gasteiger partial charge is 0.0807 e. The second kappa shape index (κ2) is 3.69. The molecule has 0 aromatic heterocycles. The normalized spacial score (nSPS) is 49.8. The molecule has 3 heteroatoms. The van der Waals surface area contributed by atoms with Crippen LogP contribution >= 0.6 is 0 Å². The molecule has 4 aliphatic rings. The lowest BCUT2D eigenvalue weighted by Gasteiger charge is -2.66.